The zero-order valence-electron chi connectivity index (χ0n) is 10.2. The highest BCUT2D eigenvalue weighted by Crippen LogP contribution is 2.29. The van der Waals surface area contributed by atoms with Crippen LogP contribution in [-0.2, 0) is 6.18 Å². The number of nitro groups is 1. The molecule has 0 heterocycles. The van der Waals surface area contributed by atoms with E-state index in [1.54, 1.807) is 0 Å². The monoisotopic (exact) mass is 251 g/mol. The van der Waals surface area contributed by atoms with Crippen LogP contribution >= 0.6 is 0 Å². The van der Waals surface area contributed by atoms with E-state index in [2.05, 4.69) is 0 Å². The first-order chi connectivity index (χ1) is 7.91. The topological polar surface area (TPSA) is 43.1 Å². The van der Waals surface area contributed by atoms with Gasteiger partial charge in [0.25, 0.3) is 5.69 Å². The first-order valence-corrected chi connectivity index (χ1v) is 5.23. The second-order valence-corrected chi connectivity index (χ2v) is 2.30. The number of alkyl halides is 3. The van der Waals surface area contributed by atoms with E-state index in [9.17, 15) is 23.3 Å². The van der Waals surface area contributed by atoms with Crippen LogP contribution in [0.1, 0.15) is 33.3 Å². The maximum absolute atomic E-state index is 12.0. The summed E-state index contributed by atoms with van der Waals surface area (Å²) in [6.07, 6.45) is -4.45. The fourth-order valence-corrected chi connectivity index (χ4v) is 0.772. The van der Waals surface area contributed by atoms with E-state index in [0.29, 0.717) is 12.1 Å². The number of nitrogens with zero attached hydrogens (tertiary/aromatic N) is 1. The Morgan fingerprint density at radius 1 is 1.00 bits per heavy atom. The van der Waals surface area contributed by atoms with Gasteiger partial charge >= 0.3 is 6.18 Å². The second kappa shape index (κ2) is 8.55. The summed E-state index contributed by atoms with van der Waals surface area (Å²) in [6.45, 7) is 8.00. The fraction of sp³-hybridized carbons (Fsp3) is 0.455. The third-order valence-electron chi connectivity index (χ3n) is 1.41. The molecular formula is C11H16F3NO2. The summed E-state index contributed by atoms with van der Waals surface area (Å²) < 4.78 is 35.9. The molecule has 0 radical (unpaired) electrons. The lowest BCUT2D eigenvalue weighted by molar-refractivity contribution is -0.384. The molecule has 0 aliphatic rings. The van der Waals surface area contributed by atoms with Gasteiger partial charge in [-0.2, -0.15) is 13.2 Å². The maximum atomic E-state index is 12.0. The Morgan fingerprint density at radius 3 is 1.59 bits per heavy atom. The predicted octanol–water partition coefficient (Wildman–Crippen LogP) is 4.67. The van der Waals surface area contributed by atoms with Gasteiger partial charge in [0.15, 0.2) is 0 Å². The first-order valence-electron chi connectivity index (χ1n) is 5.23. The van der Waals surface area contributed by atoms with Crippen molar-refractivity contribution in [2.24, 2.45) is 0 Å². The molecule has 3 nitrogen and oxygen atoms in total. The third-order valence-corrected chi connectivity index (χ3v) is 1.41. The summed E-state index contributed by atoms with van der Waals surface area (Å²) in [7, 11) is 0. The molecule has 0 spiro atoms. The van der Waals surface area contributed by atoms with E-state index in [1.165, 1.54) is 0 Å². The van der Waals surface area contributed by atoms with Crippen molar-refractivity contribution in [3.05, 3.63) is 39.9 Å². The van der Waals surface area contributed by atoms with Gasteiger partial charge < -0.3 is 0 Å². The Kier molecular flexibility index (Phi) is 8.95. The number of nitro benzene ring substituents is 1. The Labute approximate surface area is 98.4 Å². The zero-order valence-corrected chi connectivity index (χ0v) is 10.2. The summed E-state index contributed by atoms with van der Waals surface area (Å²) in [6, 6.07) is 3.00. The average Bonchev–Trinajstić information content (AvgIpc) is 2.33. The SMILES string of the molecule is CC.CC.O=[N+]([O-])c1ccc(C(F)(F)F)cc1. The minimum Gasteiger partial charge on any atom is -0.258 e. The lowest BCUT2D eigenvalue weighted by atomic mass is 10.2. The number of hydrogen-bond acceptors (Lipinski definition) is 2. The molecule has 0 atom stereocenters. The number of halogens is 3. The van der Waals surface area contributed by atoms with Gasteiger partial charge in [0, 0.05) is 12.1 Å². The minimum absolute atomic E-state index is 0.354. The Bertz CT molecular complexity index is 320. The first kappa shape index (κ1) is 17.8. The lowest BCUT2D eigenvalue weighted by Crippen LogP contribution is -2.04. The predicted molar refractivity (Wildman–Crippen MR) is 60.8 cm³/mol. The molecule has 0 amide bonds. The van der Waals surface area contributed by atoms with E-state index >= 15 is 0 Å². The molecule has 0 aromatic heterocycles. The fourth-order valence-electron chi connectivity index (χ4n) is 0.772. The summed E-state index contributed by atoms with van der Waals surface area (Å²) >= 11 is 0. The van der Waals surface area contributed by atoms with E-state index in [-0.39, 0.29) is 5.69 Å². The van der Waals surface area contributed by atoms with Gasteiger partial charge in [-0.05, 0) is 12.1 Å². The molecular weight excluding hydrogens is 235 g/mol. The second-order valence-electron chi connectivity index (χ2n) is 2.30. The molecule has 1 rings (SSSR count). The highest BCUT2D eigenvalue weighted by atomic mass is 19.4. The van der Waals surface area contributed by atoms with E-state index in [1.807, 2.05) is 27.7 Å². The van der Waals surface area contributed by atoms with Crippen LogP contribution in [0.3, 0.4) is 0 Å². The van der Waals surface area contributed by atoms with Gasteiger partial charge in [-0.25, -0.2) is 0 Å². The molecule has 17 heavy (non-hydrogen) atoms. The molecule has 1 aromatic rings. The van der Waals surface area contributed by atoms with Crippen molar-refractivity contribution >= 4 is 5.69 Å². The lowest BCUT2D eigenvalue weighted by Gasteiger charge is -2.04. The van der Waals surface area contributed by atoms with Crippen molar-refractivity contribution in [1.82, 2.24) is 0 Å². The molecule has 1 aromatic carbocycles. The smallest absolute Gasteiger partial charge is 0.258 e. The Morgan fingerprint density at radius 2 is 1.35 bits per heavy atom. The van der Waals surface area contributed by atoms with Crippen molar-refractivity contribution in [1.29, 1.82) is 0 Å². The average molecular weight is 251 g/mol. The van der Waals surface area contributed by atoms with E-state index in [4.69, 9.17) is 0 Å². The summed E-state index contributed by atoms with van der Waals surface area (Å²) in [5, 5.41) is 10.1. The maximum Gasteiger partial charge on any atom is 0.416 e. The molecule has 0 aliphatic heterocycles. The number of rotatable bonds is 1. The Hall–Kier alpha value is -1.59. The van der Waals surface area contributed by atoms with Crippen LogP contribution < -0.4 is 0 Å². The van der Waals surface area contributed by atoms with Crippen LogP contribution in [0.4, 0.5) is 18.9 Å². The quantitative estimate of drug-likeness (QED) is 0.537. The minimum atomic E-state index is -4.45. The van der Waals surface area contributed by atoms with Gasteiger partial charge in [0.2, 0.25) is 0 Å². The number of hydrogen-bond donors (Lipinski definition) is 0. The summed E-state index contributed by atoms with van der Waals surface area (Å²) in [5.74, 6) is 0. The standard InChI is InChI=1S/C7H4F3NO2.2C2H6/c8-7(9,10)5-1-3-6(4-2-5)11(12)13;2*1-2/h1-4H;2*1-2H3. The van der Waals surface area contributed by atoms with Crippen molar-refractivity contribution < 1.29 is 18.1 Å². The van der Waals surface area contributed by atoms with Crippen LogP contribution in [0.2, 0.25) is 0 Å². The molecule has 6 heteroatoms. The zero-order chi connectivity index (χ0) is 14.1. The molecule has 0 saturated carbocycles. The van der Waals surface area contributed by atoms with Crippen molar-refractivity contribution in [2.45, 2.75) is 33.9 Å². The molecule has 0 N–H and O–H groups in total. The Balaban J connectivity index is 0. The number of benzene rings is 1. The van der Waals surface area contributed by atoms with Crippen LogP contribution in [0.25, 0.3) is 0 Å². The molecule has 0 saturated heterocycles. The molecule has 0 aliphatic carbocycles. The third kappa shape index (κ3) is 6.55. The van der Waals surface area contributed by atoms with E-state index < -0.39 is 16.7 Å². The van der Waals surface area contributed by atoms with E-state index in [0.717, 1.165) is 12.1 Å². The highest BCUT2D eigenvalue weighted by molar-refractivity contribution is 5.33. The van der Waals surface area contributed by atoms with Gasteiger partial charge in [-0.1, -0.05) is 27.7 Å². The highest BCUT2D eigenvalue weighted by Gasteiger charge is 2.30. The van der Waals surface area contributed by atoms with Crippen LogP contribution in [0.5, 0.6) is 0 Å². The van der Waals surface area contributed by atoms with Gasteiger partial charge in [0.1, 0.15) is 0 Å². The summed E-state index contributed by atoms with van der Waals surface area (Å²) in [4.78, 5) is 9.34. The van der Waals surface area contributed by atoms with Crippen molar-refractivity contribution in [3.8, 4) is 0 Å². The largest absolute Gasteiger partial charge is 0.416 e. The molecule has 0 fully saturated rings. The summed E-state index contributed by atoms with van der Waals surface area (Å²) in [5.41, 5.74) is -1.24. The van der Waals surface area contributed by atoms with Gasteiger partial charge in [-0.15, -0.1) is 0 Å². The number of non-ortho nitro benzene ring substituents is 1. The van der Waals surface area contributed by atoms with Crippen molar-refractivity contribution in [3.63, 3.8) is 0 Å². The van der Waals surface area contributed by atoms with Crippen LogP contribution in [0.15, 0.2) is 24.3 Å². The molecule has 98 valence electrons. The normalized spacial score (nSPS) is 9.35. The van der Waals surface area contributed by atoms with Gasteiger partial charge in [0.05, 0.1) is 10.5 Å². The van der Waals surface area contributed by atoms with Crippen LogP contribution in [0, 0.1) is 10.1 Å². The molecule has 0 bridgehead atoms. The van der Waals surface area contributed by atoms with Gasteiger partial charge in [-0.3, -0.25) is 10.1 Å². The molecule has 0 unspecified atom stereocenters. The van der Waals surface area contributed by atoms with Crippen LogP contribution in [-0.4, -0.2) is 4.92 Å². The van der Waals surface area contributed by atoms with Crippen molar-refractivity contribution in [2.75, 3.05) is 0 Å².